The van der Waals surface area contributed by atoms with E-state index in [1.54, 1.807) is 13.8 Å². The number of hydrogen-bond acceptors (Lipinski definition) is 4. The van der Waals surface area contributed by atoms with Crippen LogP contribution < -0.4 is 9.46 Å². The molecule has 0 N–H and O–H groups in total. The minimum Gasteiger partial charge on any atom is -0.756 e. The van der Waals surface area contributed by atoms with Gasteiger partial charge in [-0.1, -0.05) is 6.92 Å². The predicted octanol–water partition coefficient (Wildman–Crippen LogP) is 1.25. The molecule has 0 aromatic carbocycles. The number of aromatic nitrogens is 2. The summed E-state index contributed by atoms with van der Waals surface area (Å²) in [6, 6.07) is 0. The lowest BCUT2D eigenvalue weighted by Crippen LogP contribution is -2.23. The van der Waals surface area contributed by atoms with Crippen LogP contribution in [0.25, 0.3) is 0 Å². The number of hydrogen-bond donors (Lipinski definition) is 0. The van der Waals surface area contributed by atoms with Crippen molar-refractivity contribution in [2.75, 3.05) is 13.2 Å². The van der Waals surface area contributed by atoms with Crippen molar-refractivity contribution < 1.29 is 23.1 Å². The molecule has 1 heterocycles. The molecule has 0 amide bonds. The van der Waals surface area contributed by atoms with Crippen LogP contribution in [-0.2, 0) is 27.2 Å². The van der Waals surface area contributed by atoms with Gasteiger partial charge in [-0.3, -0.25) is 4.57 Å². The quantitative estimate of drug-likeness (QED) is 0.580. The Morgan fingerprint density at radius 1 is 1.28 bits per heavy atom. The second-order valence-corrected chi connectivity index (χ2v) is 5.01. The van der Waals surface area contributed by atoms with E-state index in [0.717, 1.165) is 6.54 Å². The minimum absolute atomic E-state index is 0.126. The fourth-order valence-corrected chi connectivity index (χ4v) is 1.95. The van der Waals surface area contributed by atoms with Gasteiger partial charge in [-0.15, -0.1) is 0 Å². The van der Waals surface area contributed by atoms with E-state index in [9.17, 15) is 9.46 Å². The van der Waals surface area contributed by atoms with Gasteiger partial charge in [-0.05, 0) is 20.3 Å². The Balaban J connectivity index is 0.000000321. The van der Waals surface area contributed by atoms with Gasteiger partial charge in [0.25, 0.3) is 7.82 Å². The zero-order valence-electron chi connectivity index (χ0n) is 11.5. The molecule has 0 saturated heterocycles. The van der Waals surface area contributed by atoms with Crippen LogP contribution in [0.15, 0.2) is 18.7 Å². The molecule has 0 radical (unpaired) electrons. The standard InChI is InChI=1S/C7H13N2.C4H11O4P/c1-3-4-9-6-5-8(2)7-9;1-3-7-9(5,6)8-4-2/h5-7H,3-4H2,1-2H3;3-4H2,1-2H3,(H,5,6)/q+1;/p-1. The van der Waals surface area contributed by atoms with Crippen molar-refractivity contribution in [2.24, 2.45) is 7.05 Å². The lowest BCUT2D eigenvalue weighted by atomic mass is 10.5. The first kappa shape index (κ1) is 17.3. The monoisotopic (exact) mass is 278 g/mol. The molecule has 1 aromatic rings. The lowest BCUT2D eigenvalue weighted by Gasteiger charge is -2.20. The van der Waals surface area contributed by atoms with Gasteiger partial charge in [0, 0.05) is 0 Å². The Labute approximate surface area is 109 Å². The van der Waals surface area contributed by atoms with Crippen molar-refractivity contribution in [3.05, 3.63) is 18.7 Å². The summed E-state index contributed by atoms with van der Waals surface area (Å²) < 4.78 is 23.1. The van der Waals surface area contributed by atoms with Crippen molar-refractivity contribution in [1.29, 1.82) is 0 Å². The van der Waals surface area contributed by atoms with Gasteiger partial charge in [0.05, 0.1) is 26.8 Å². The first-order valence-corrected chi connectivity index (χ1v) is 7.52. The first-order valence-electron chi connectivity index (χ1n) is 6.06. The summed E-state index contributed by atoms with van der Waals surface area (Å²) >= 11 is 0. The molecule has 18 heavy (non-hydrogen) atoms. The molecule has 6 nitrogen and oxygen atoms in total. The molecular formula is C11H23N2O4P. The van der Waals surface area contributed by atoms with E-state index in [1.807, 2.05) is 7.05 Å². The second-order valence-electron chi connectivity index (χ2n) is 3.60. The molecule has 0 bridgehead atoms. The third-order valence-electron chi connectivity index (χ3n) is 1.88. The van der Waals surface area contributed by atoms with Crippen molar-refractivity contribution in [3.8, 4) is 0 Å². The van der Waals surface area contributed by atoms with Gasteiger partial charge < -0.3 is 13.9 Å². The number of imidazole rings is 1. The van der Waals surface area contributed by atoms with Gasteiger partial charge in [-0.2, -0.15) is 0 Å². The Morgan fingerprint density at radius 2 is 1.83 bits per heavy atom. The number of phosphoric acid groups is 1. The molecule has 0 saturated carbocycles. The molecule has 7 heteroatoms. The molecule has 0 aliphatic carbocycles. The summed E-state index contributed by atoms with van der Waals surface area (Å²) in [5, 5.41) is 0. The third-order valence-corrected chi connectivity index (χ3v) is 3.03. The molecule has 1 rings (SSSR count). The molecule has 0 unspecified atom stereocenters. The Bertz CT molecular complexity index is 358. The van der Waals surface area contributed by atoms with Gasteiger partial charge in [0.15, 0.2) is 0 Å². The van der Waals surface area contributed by atoms with Crippen LogP contribution >= 0.6 is 7.82 Å². The summed E-state index contributed by atoms with van der Waals surface area (Å²) in [5.41, 5.74) is 0. The summed E-state index contributed by atoms with van der Waals surface area (Å²) in [6.07, 6.45) is 7.43. The van der Waals surface area contributed by atoms with Crippen LogP contribution in [0.5, 0.6) is 0 Å². The predicted molar refractivity (Wildman–Crippen MR) is 66.8 cm³/mol. The largest absolute Gasteiger partial charge is 0.756 e. The molecule has 0 fully saturated rings. The highest BCUT2D eigenvalue weighted by atomic mass is 31.2. The van der Waals surface area contributed by atoms with E-state index in [2.05, 4.69) is 43.8 Å². The lowest BCUT2D eigenvalue weighted by molar-refractivity contribution is -0.671. The molecular weight excluding hydrogens is 255 g/mol. The van der Waals surface area contributed by atoms with Crippen molar-refractivity contribution in [2.45, 2.75) is 33.7 Å². The Hall–Kier alpha value is -0.680. The van der Waals surface area contributed by atoms with Crippen LogP contribution in [0.4, 0.5) is 0 Å². The van der Waals surface area contributed by atoms with Gasteiger partial charge in [-0.25, -0.2) is 9.13 Å². The highest BCUT2D eigenvalue weighted by molar-refractivity contribution is 7.45. The first-order chi connectivity index (χ1) is 8.45. The van der Waals surface area contributed by atoms with Crippen molar-refractivity contribution in [3.63, 3.8) is 0 Å². The van der Waals surface area contributed by atoms with E-state index in [1.165, 1.54) is 6.42 Å². The molecule has 0 spiro atoms. The summed E-state index contributed by atoms with van der Waals surface area (Å²) in [4.78, 5) is 10.4. The molecule has 0 aliphatic heterocycles. The average molecular weight is 278 g/mol. The van der Waals surface area contributed by atoms with Crippen LogP contribution in [0, 0.1) is 0 Å². The summed E-state index contributed by atoms with van der Waals surface area (Å²) in [7, 11) is -1.91. The van der Waals surface area contributed by atoms with Crippen LogP contribution in [0.3, 0.4) is 0 Å². The topological polar surface area (TPSA) is 67.4 Å². The maximum absolute atomic E-state index is 10.4. The van der Waals surface area contributed by atoms with Crippen molar-refractivity contribution in [1.82, 2.24) is 4.57 Å². The summed E-state index contributed by atoms with van der Waals surface area (Å²) in [6.45, 7) is 6.73. The zero-order valence-corrected chi connectivity index (χ0v) is 12.4. The third kappa shape index (κ3) is 8.42. The van der Waals surface area contributed by atoms with E-state index in [4.69, 9.17) is 0 Å². The maximum Gasteiger partial charge on any atom is 0.267 e. The van der Waals surface area contributed by atoms with Gasteiger partial charge in [0.2, 0.25) is 6.33 Å². The van der Waals surface area contributed by atoms with E-state index in [-0.39, 0.29) is 13.2 Å². The zero-order chi connectivity index (χ0) is 14.0. The highest BCUT2D eigenvalue weighted by Gasteiger charge is 2.04. The molecule has 0 atom stereocenters. The van der Waals surface area contributed by atoms with Crippen LogP contribution in [-0.4, -0.2) is 17.8 Å². The smallest absolute Gasteiger partial charge is 0.267 e. The highest BCUT2D eigenvalue weighted by Crippen LogP contribution is 2.37. The molecule has 1 aromatic heterocycles. The molecule has 0 aliphatic rings. The normalized spacial score (nSPS) is 10.9. The fourth-order valence-electron chi connectivity index (χ4n) is 1.25. The van der Waals surface area contributed by atoms with Crippen LogP contribution in [0.1, 0.15) is 27.2 Å². The van der Waals surface area contributed by atoms with E-state index in [0.29, 0.717) is 0 Å². The molecule has 106 valence electrons. The minimum atomic E-state index is -3.94. The van der Waals surface area contributed by atoms with Gasteiger partial charge in [0.1, 0.15) is 12.4 Å². The maximum atomic E-state index is 10.4. The van der Waals surface area contributed by atoms with E-state index < -0.39 is 7.82 Å². The Kier molecular flexibility index (Phi) is 8.93. The Morgan fingerprint density at radius 3 is 2.17 bits per heavy atom. The van der Waals surface area contributed by atoms with Crippen molar-refractivity contribution >= 4 is 7.82 Å². The number of aryl methyl sites for hydroxylation is 2. The fraction of sp³-hybridized carbons (Fsp3) is 0.727. The second kappa shape index (κ2) is 9.28. The van der Waals surface area contributed by atoms with Crippen LogP contribution in [0.2, 0.25) is 0 Å². The average Bonchev–Trinajstić information content (AvgIpc) is 2.65. The van der Waals surface area contributed by atoms with Gasteiger partial charge >= 0.3 is 0 Å². The number of nitrogens with zero attached hydrogens (tertiary/aromatic N) is 2. The summed E-state index contributed by atoms with van der Waals surface area (Å²) in [5.74, 6) is 0. The van der Waals surface area contributed by atoms with E-state index >= 15 is 0 Å². The SMILES string of the molecule is CCCn1cc[n+](C)c1.CCOP(=O)([O-])OCC. The number of phosphoric ester groups is 1. The number of rotatable bonds is 6.